The van der Waals surface area contributed by atoms with Crippen LogP contribution in [0.4, 0.5) is 10.4 Å². The molecule has 1 N–H and O–H groups in total. The third-order valence-corrected chi connectivity index (χ3v) is 3.62. The van der Waals surface area contributed by atoms with Crippen molar-refractivity contribution in [2.75, 3.05) is 19.0 Å². The fraction of sp³-hybridized carbons (Fsp3) is 0.158. The van der Waals surface area contributed by atoms with Gasteiger partial charge < -0.3 is 13.9 Å². The summed E-state index contributed by atoms with van der Waals surface area (Å²) in [5, 5.41) is 9.88. The van der Waals surface area contributed by atoms with Crippen molar-refractivity contribution in [1.82, 2.24) is 10.2 Å². The predicted molar refractivity (Wildman–Crippen MR) is 96.0 cm³/mol. The number of halogens is 1. The number of benzene rings is 2. The van der Waals surface area contributed by atoms with Gasteiger partial charge in [0, 0.05) is 5.56 Å². The Morgan fingerprint density at radius 2 is 1.93 bits per heavy atom. The second-order valence-electron chi connectivity index (χ2n) is 5.63. The van der Waals surface area contributed by atoms with Crippen LogP contribution in [0.1, 0.15) is 5.56 Å². The summed E-state index contributed by atoms with van der Waals surface area (Å²) in [5.74, 6) is -1.59. The summed E-state index contributed by atoms with van der Waals surface area (Å²) in [4.78, 5) is 23.7. The van der Waals surface area contributed by atoms with Crippen molar-refractivity contribution in [3.05, 3.63) is 59.9 Å². The van der Waals surface area contributed by atoms with Crippen LogP contribution in [-0.4, -0.2) is 35.8 Å². The molecule has 0 saturated carbocycles. The van der Waals surface area contributed by atoms with E-state index in [2.05, 4.69) is 15.5 Å². The summed E-state index contributed by atoms with van der Waals surface area (Å²) in [6.07, 6.45) is -0.188. The average Bonchev–Trinajstić information content (AvgIpc) is 3.16. The molecule has 28 heavy (non-hydrogen) atoms. The number of carbonyl (C=O) groups is 2. The maximum absolute atomic E-state index is 13.6. The Kier molecular flexibility index (Phi) is 5.95. The number of hydrogen-bond acceptors (Lipinski definition) is 7. The molecule has 8 nitrogen and oxygen atoms in total. The summed E-state index contributed by atoms with van der Waals surface area (Å²) in [7, 11) is 1.34. The minimum absolute atomic E-state index is 0.0749. The van der Waals surface area contributed by atoms with Gasteiger partial charge in [-0.15, -0.1) is 5.10 Å². The predicted octanol–water partition coefficient (Wildman–Crippen LogP) is 2.61. The molecule has 0 saturated heterocycles. The van der Waals surface area contributed by atoms with Crippen LogP contribution in [0, 0.1) is 5.82 Å². The molecule has 9 heteroatoms. The Bertz CT molecular complexity index is 975. The lowest BCUT2D eigenvalue weighted by Crippen LogP contribution is -2.21. The highest BCUT2D eigenvalue weighted by atomic mass is 19.1. The minimum Gasteiger partial charge on any atom is -0.494 e. The Hall–Kier alpha value is -3.75. The van der Waals surface area contributed by atoms with Crippen LogP contribution in [0.3, 0.4) is 0 Å². The quantitative estimate of drug-likeness (QED) is 0.624. The lowest BCUT2D eigenvalue weighted by atomic mass is 10.1. The zero-order chi connectivity index (χ0) is 19.9. The van der Waals surface area contributed by atoms with E-state index in [1.54, 1.807) is 12.1 Å². The van der Waals surface area contributed by atoms with Gasteiger partial charge in [0.1, 0.15) is 0 Å². The number of nitrogens with zero attached hydrogens (tertiary/aromatic N) is 2. The summed E-state index contributed by atoms with van der Waals surface area (Å²) >= 11 is 0. The van der Waals surface area contributed by atoms with Crippen LogP contribution in [0.15, 0.2) is 52.9 Å². The Labute approximate surface area is 159 Å². The highest BCUT2D eigenvalue weighted by Gasteiger charge is 2.14. The van der Waals surface area contributed by atoms with E-state index in [4.69, 9.17) is 13.9 Å². The molecule has 0 atom stereocenters. The maximum Gasteiger partial charge on any atom is 0.322 e. The Morgan fingerprint density at radius 1 is 1.14 bits per heavy atom. The van der Waals surface area contributed by atoms with Gasteiger partial charge >= 0.3 is 12.0 Å². The largest absolute Gasteiger partial charge is 0.494 e. The van der Waals surface area contributed by atoms with Gasteiger partial charge in [0.05, 0.1) is 13.5 Å². The molecule has 1 aromatic heterocycles. The molecule has 0 radical (unpaired) electrons. The molecule has 3 aromatic rings. The summed E-state index contributed by atoms with van der Waals surface area (Å²) < 4.78 is 28.6. The molecular weight excluding hydrogens is 369 g/mol. The van der Waals surface area contributed by atoms with Crippen LogP contribution in [-0.2, 0) is 20.7 Å². The standard InChI is InChI=1S/C19H16FN3O5/c1-26-15-8-7-12(9-14(15)20)10-17(25)27-11-16(24)21-19-23-22-18(28-19)13-5-3-2-4-6-13/h2-9H,10-11H2,1H3,(H,21,23,24). The van der Waals surface area contributed by atoms with Gasteiger partial charge in [-0.05, 0) is 29.8 Å². The molecule has 2 aromatic carbocycles. The van der Waals surface area contributed by atoms with E-state index >= 15 is 0 Å². The van der Waals surface area contributed by atoms with Crippen molar-refractivity contribution in [3.63, 3.8) is 0 Å². The SMILES string of the molecule is COc1ccc(CC(=O)OCC(=O)Nc2nnc(-c3ccccc3)o2)cc1F. The number of methoxy groups -OCH3 is 1. The molecule has 0 aliphatic carbocycles. The number of amides is 1. The first-order chi connectivity index (χ1) is 13.5. The molecular formula is C19H16FN3O5. The Morgan fingerprint density at radius 3 is 2.64 bits per heavy atom. The van der Waals surface area contributed by atoms with Crippen LogP contribution in [0.2, 0.25) is 0 Å². The van der Waals surface area contributed by atoms with E-state index in [0.29, 0.717) is 11.1 Å². The van der Waals surface area contributed by atoms with Gasteiger partial charge in [0.25, 0.3) is 5.91 Å². The molecule has 0 unspecified atom stereocenters. The van der Waals surface area contributed by atoms with Crippen LogP contribution in [0.5, 0.6) is 5.75 Å². The van der Waals surface area contributed by atoms with Crippen molar-refractivity contribution in [2.45, 2.75) is 6.42 Å². The van der Waals surface area contributed by atoms with Gasteiger partial charge in [-0.3, -0.25) is 14.9 Å². The topological polar surface area (TPSA) is 104 Å². The lowest BCUT2D eigenvalue weighted by molar-refractivity contribution is -0.146. The number of nitrogens with one attached hydrogen (secondary N) is 1. The van der Waals surface area contributed by atoms with Crippen LogP contribution >= 0.6 is 0 Å². The summed E-state index contributed by atoms with van der Waals surface area (Å²) in [5.41, 5.74) is 1.10. The fourth-order valence-corrected chi connectivity index (χ4v) is 2.31. The molecule has 0 aliphatic heterocycles. The van der Waals surface area contributed by atoms with Crippen molar-refractivity contribution in [3.8, 4) is 17.2 Å². The number of anilines is 1. The van der Waals surface area contributed by atoms with E-state index < -0.39 is 24.3 Å². The summed E-state index contributed by atoms with van der Waals surface area (Å²) in [6, 6.07) is 13.0. The number of aromatic nitrogens is 2. The van der Waals surface area contributed by atoms with E-state index in [0.717, 1.165) is 0 Å². The summed E-state index contributed by atoms with van der Waals surface area (Å²) in [6.45, 7) is -0.541. The molecule has 0 fully saturated rings. The zero-order valence-corrected chi connectivity index (χ0v) is 14.8. The third-order valence-electron chi connectivity index (χ3n) is 3.62. The molecule has 1 heterocycles. The molecule has 144 valence electrons. The van der Waals surface area contributed by atoms with E-state index in [1.807, 2.05) is 18.2 Å². The monoisotopic (exact) mass is 385 g/mol. The lowest BCUT2D eigenvalue weighted by Gasteiger charge is -2.06. The number of hydrogen-bond donors (Lipinski definition) is 1. The fourth-order valence-electron chi connectivity index (χ4n) is 2.31. The number of esters is 1. The second kappa shape index (κ2) is 8.76. The number of ether oxygens (including phenoxy) is 2. The average molecular weight is 385 g/mol. The Balaban J connectivity index is 1.48. The normalized spacial score (nSPS) is 10.4. The van der Waals surface area contributed by atoms with Crippen molar-refractivity contribution in [1.29, 1.82) is 0 Å². The third kappa shape index (κ3) is 4.91. The van der Waals surface area contributed by atoms with Crippen LogP contribution in [0.25, 0.3) is 11.5 Å². The zero-order valence-electron chi connectivity index (χ0n) is 14.8. The van der Waals surface area contributed by atoms with Gasteiger partial charge in [-0.25, -0.2) is 4.39 Å². The highest BCUT2D eigenvalue weighted by Crippen LogP contribution is 2.19. The van der Waals surface area contributed by atoms with E-state index in [-0.39, 0.29) is 24.1 Å². The van der Waals surface area contributed by atoms with Gasteiger partial charge in [-0.1, -0.05) is 29.4 Å². The van der Waals surface area contributed by atoms with Gasteiger partial charge in [0.2, 0.25) is 5.89 Å². The molecule has 0 bridgehead atoms. The number of rotatable bonds is 7. The minimum atomic E-state index is -0.685. The maximum atomic E-state index is 13.6. The van der Waals surface area contributed by atoms with Crippen LogP contribution < -0.4 is 10.1 Å². The first-order valence-electron chi connectivity index (χ1n) is 8.22. The van der Waals surface area contributed by atoms with E-state index in [9.17, 15) is 14.0 Å². The number of carbonyl (C=O) groups excluding carboxylic acids is 2. The highest BCUT2D eigenvalue weighted by molar-refractivity contribution is 5.91. The van der Waals surface area contributed by atoms with Crippen molar-refractivity contribution < 1.29 is 27.9 Å². The molecule has 0 aliphatic rings. The van der Waals surface area contributed by atoms with Gasteiger partial charge in [-0.2, -0.15) is 0 Å². The first-order valence-corrected chi connectivity index (χ1v) is 8.22. The second-order valence-corrected chi connectivity index (χ2v) is 5.63. The smallest absolute Gasteiger partial charge is 0.322 e. The van der Waals surface area contributed by atoms with Gasteiger partial charge in [0.15, 0.2) is 18.2 Å². The van der Waals surface area contributed by atoms with Crippen molar-refractivity contribution in [2.24, 2.45) is 0 Å². The molecule has 3 rings (SSSR count). The van der Waals surface area contributed by atoms with E-state index in [1.165, 1.54) is 25.3 Å². The molecule has 0 spiro atoms. The first kappa shape index (κ1) is 19.0. The van der Waals surface area contributed by atoms with Crippen molar-refractivity contribution >= 4 is 17.9 Å². The molecule has 1 amide bonds.